The Morgan fingerprint density at radius 1 is 1.03 bits per heavy atom. The smallest absolute Gasteiger partial charge is 0.274 e. The van der Waals surface area contributed by atoms with Crippen LogP contribution < -0.4 is 5.32 Å². The summed E-state index contributed by atoms with van der Waals surface area (Å²) in [6.07, 6.45) is 3.10. The van der Waals surface area contributed by atoms with E-state index in [1.807, 2.05) is 49.4 Å². The lowest BCUT2D eigenvalue weighted by Gasteiger charge is -2.10. The Kier molecular flexibility index (Phi) is 4.60. The molecule has 0 spiro atoms. The molecule has 0 fully saturated rings. The van der Waals surface area contributed by atoms with Gasteiger partial charge in [0, 0.05) is 11.8 Å². The van der Waals surface area contributed by atoms with Gasteiger partial charge in [-0.2, -0.15) is 5.10 Å². The molecule has 31 heavy (non-hydrogen) atoms. The molecule has 0 unspecified atom stereocenters. The maximum absolute atomic E-state index is 13.2. The minimum absolute atomic E-state index is 0.288. The van der Waals surface area contributed by atoms with Gasteiger partial charge in [0.05, 0.1) is 17.6 Å². The number of rotatable bonds is 5. The number of furan rings is 1. The lowest BCUT2D eigenvalue weighted by atomic mass is 10.1. The molecule has 0 aliphatic carbocycles. The van der Waals surface area contributed by atoms with Crippen molar-refractivity contribution in [2.24, 2.45) is 0 Å². The van der Waals surface area contributed by atoms with Crippen LogP contribution in [0.5, 0.6) is 0 Å². The average Bonchev–Trinajstić information content (AvgIpc) is 3.55. The summed E-state index contributed by atoms with van der Waals surface area (Å²) < 4.78 is 8.64. The van der Waals surface area contributed by atoms with Crippen LogP contribution >= 0.6 is 0 Å². The lowest BCUT2D eigenvalue weighted by Crippen LogP contribution is -2.17. The first kappa shape index (κ1) is 18.5. The first-order valence-electron chi connectivity index (χ1n) is 9.54. The highest BCUT2D eigenvalue weighted by Crippen LogP contribution is 2.24. The van der Waals surface area contributed by atoms with Crippen molar-refractivity contribution in [3.63, 3.8) is 0 Å². The monoisotopic (exact) mass is 411 g/mol. The predicted molar refractivity (Wildman–Crippen MR) is 113 cm³/mol. The summed E-state index contributed by atoms with van der Waals surface area (Å²) in [6, 6.07) is 20.3. The topological polar surface area (TPSA) is 104 Å². The number of nitrogens with zero attached hydrogens (tertiary/aromatic N) is 6. The number of hydrogen-bond acceptors (Lipinski definition) is 6. The molecule has 0 atom stereocenters. The molecule has 3 aromatic heterocycles. The Bertz CT molecular complexity index is 1320. The van der Waals surface area contributed by atoms with Gasteiger partial charge in [0.1, 0.15) is 17.7 Å². The van der Waals surface area contributed by atoms with Crippen molar-refractivity contribution in [1.82, 2.24) is 30.0 Å². The van der Waals surface area contributed by atoms with Gasteiger partial charge in [0.25, 0.3) is 5.91 Å². The summed E-state index contributed by atoms with van der Waals surface area (Å²) in [7, 11) is 0. The SMILES string of the molecule is Cc1cc(NC(=O)c2cc(-c3ccco3)nn2-c2ccccc2)ccc1-n1cnnn1. The van der Waals surface area contributed by atoms with Crippen LogP contribution in [0.15, 0.2) is 83.7 Å². The van der Waals surface area contributed by atoms with Crippen LogP contribution in [-0.4, -0.2) is 35.9 Å². The van der Waals surface area contributed by atoms with Gasteiger partial charge >= 0.3 is 0 Å². The Morgan fingerprint density at radius 2 is 1.90 bits per heavy atom. The molecule has 152 valence electrons. The summed E-state index contributed by atoms with van der Waals surface area (Å²) in [5.74, 6) is 0.300. The van der Waals surface area contributed by atoms with Crippen molar-refractivity contribution in [2.75, 3.05) is 5.32 Å². The lowest BCUT2D eigenvalue weighted by molar-refractivity contribution is 0.101. The van der Waals surface area contributed by atoms with Crippen molar-refractivity contribution >= 4 is 11.6 Å². The van der Waals surface area contributed by atoms with Gasteiger partial charge in [-0.1, -0.05) is 18.2 Å². The number of tetrazole rings is 1. The molecule has 0 saturated heterocycles. The van der Waals surface area contributed by atoms with Crippen LogP contribution in [0.2, 0.25) is 0 Å². The molecule has 0 radical (unpaired) electrons. The van der Waals surface area contributed by atoms with Crippen LogP contribution in [0.4, 0.5) is 5.69 Å². The highest BCUT2D eigenvalue weighted by atomic mass is 16.3. The number of benzene rings is 2. The summed E-state index contributed by atoms with van der Waals surface area (Å²) >= 11 is 0. The molecular formula is C22H17N7O2. The van der Waals surface area contributed by atoms with E-state index < -0.39 is 0 Å². The van der Waals surface area contributed by atoms with E-state index >= 15 is 0 Å². The Hall–Kier alpha value is -4.53. The number of aromatic nitrogens is 6. The van der Waals surface area contributed by atoms with Crippen LogP contribution in [0.25, 0.3) is 22.8 Å². The summed E-state index contributed by atoms with van der Waals surface area (Å²) in [6.45, 7) is 1.93. The van der Waals surface area contributed by atoms with Crippen molar-refractivity contribution in [2.45, 2.75) is 6.92 Å². The molecule has 9 nitrogen and oxygen atoms in total. The minimum atomic E-state index is -0.288. The third-order valence-corrected chi connectivity index (χ3v) is 4.77. The second-order valence-electron chi connectivity index (χ2n) is 6.85. The third kappa shape index (κ3) is 3.60. The maximum atomic E-state index is 13.2. The molecule has 1 N–H and O–H groups in total. The molecule has 5 rings (SSSR count). The van der Waals surface area contributed by atoms with Crippen molar-refractivity contribution in [3.8, 4) is 22.8 Å². The van der Waals surface area contributed by atoms with E-state index in [9.17, 15) is 4.79 Å². The Labute approximate surface area is 176 Å². The average molecular weight is 411 g/mol. The van der Waals surface area contributed by atoms with Crippen LogP contribution in [0, 0.1) is 6.92 Å². The molecule has 3 heterocycles. The van der Waals surface area contributed by atoms with Crippen molar-refractivity contribution in [3.05, 3.63) is 90.6 Å². The van der Waals surface area contributed by atoms with Gasteiger partial charge in [-0.15, -0.1) is 5.10 Å². The molecule has 0 aliphatic heterocycles. The first-order valence-corrected chi connectivity index (χ1v) is 9.54. The second-order valence-corrected chi connectivity index (χ2v) is 6.85. The number of carbonyl (C=O) groups is 1. The van der Waals surface area contributed by atoms with E-state index in [4.69, 9.17) is 4.42 Å². The quantitative estimate of drug-likeness (QED) is 0.473. The zero-order chi connectivity index (χ0) is 21.2. The predicted octanol–water partition coefficient (Wildman–Crippen LogP) is 3.67. The fraction of sp³-hybridized carbons (Fsp3) is 0.0455. The number of carbonyl (C=O) groups excluding carboxylic acids is 1. The third-order valence-electron chi connectivity index (χ3n) is 4.77. The van der Waals surface area contributed by atoms with Crippen molar-refractivity contribution < 1.29 is 9.21 Å². The fourth-order valence-corrected chi connectivity index (χ4v) is 3.31. The van der Waals surface area contributed by atoms with Gasteiger partial charge in [0.15, 0.2) is 5.76 Å². The number of amides is 1. The molecular weight excluding hydrogens is 394 g/mol. The van der Waals surface area contributed by atoms with Gasteiger partial charge in [-0.25, -0.2) is 9.36 Å². The second kappa shape index (κ2) is 7.71. The molecule has 0 aliphatic rings. The molecule has 9 heteroatoms. The number of hydrogen-bond donors (Lipinski definition) is 1. The normalized spacial score (nSPS) is 10.9. The van der Waals surface area contributed by atoms with E-state index in [1.54, 1.807) is 39.9 Å². The van der Waals surface area contributed by atoms with E-state index in [-0.39, 0.29) is 5.91 Å². The summed E-state index contributed by atoms with van der Waals surface area (Å²) in [4.78, 5) is 13.2. The Morgan fingerprint density at radius 3 is 2.61 bits per heavy atom. The van der Waals surface area contributed by atoms with Crippen molar-refractivity contribution in [1.29, 1.82) is 0 Å². The zero-order valence-electron chi connectivity index (χ0n) is 16.5. The fourth-order valence-electron chi connectivity index (χ4n) is 3.31. The van der Waals surface area contributed by atoms with Gasteiger partial charge in [-0.05, 0) is 65.4 Å². The van der Waals surface area contributed by atoms with Crippen LogP contribution in [-0.2, 0) is 0 Å². The molecule has 0 saturated carbocycles. The summed E-state index contributed by atoms with van der Waals surface area (Å²) in [5, 5.41) is 18.8. The summed E-state index contributed by atoms with van der Waals surface area (Å²) in [5.41, 5.74) is 4.13. The first-order chi connectivity index (χ1) is 15.2. The number of anilines is 1. The molecule has 5 aromatic rings. The number of aryl methyl sites for hydroxylation is 1. The molecule has 0 bridgehead atoms. The van der Waals surface area contributed by atoms with Crippen LogP contribution in [0.1, 0.15) is 16.1 Å². The van der Waals surface area contributed by atoms with E-state index in [0.717, 1.165) is 16.9 Å². The Balaban J connectivity index is 1.48. The number of para-hydroxylation sites is 1. The van der Waals surface area contributed by atoms with E-state index in [2.05, 4.69) is 25.9 Å². The maximum Gasteiger partial charge on any atom is 0.274 e. The van der Waals surface area contributed by atoms with Gasteiger partial charge in [-0.3, -0.25) is 4.79 Å². The minimum Gasteiger partial charge on any atom is -0.463 e. The molecule has 2 aromatic carbocycles. The zero-order valence-corrected chi connectivity index (χ0v) is 16.5. The largest absolute Gasteiger partial charge is 0.463 e. The van der Waals surface area contributed by atoms with E-state index in [0.29, 0.717) is 22.8 Å². The molecule has 1 amide bonds. The van der Waals surface area contributed by atoms with Gasteiger partial charge in [0.2, 0.25) is 0 Å². The standard InChI is InChI=1S/C22H17N7O2/c1-15-12-16(9-10-19(15)28-14-23-26-27-28)24-22(30)20-13-18(21-8-5-11-31-21)25-29(20)17-6-3-2-4-7-17/h2-14H,1H3,(H,24,30). The number of nitrogens with one attached hydrogen (secondary N) is 1. The van der Waals surface area contributed by atoms with Crippen LogP contribution in [0.3, 0.4) is 0 Å². The van der Waals surface area contributed by atoms with E-state index in [1.165, 1.54) is 6.33 Å². The van der Waals surface area contributed by atoms with Gasteiger partial charge < -0.3 is 9.73 Å². The highest BCUT2D eigenvalue weighted by Gasteiger charge is 2.19. The highest BCUT2D eigenvalue weighted by molar-refractivity contribution is 6.04.